The average Bonchev–Trinajstić information content (AvgIpc) is 2.91. The summed E-state index contributed by atoms with van der Waals surface area (Å²) in [6.45, 7) is 0.629. The van der Waals surface area contributed by atoms with Crippen molar-refractivity contribution < 1.29 is 9.47 Å². The normalized spacial score (nSPS) is 27.7. The Bertz CT molecular complexity index is 385. The van der Waals surface area contributed by atoms with E-state index < -0.39 is 0 Å². The van der Waals surface area contributed by atoms with Gasteiger partial charge in [0.15, 0.2) is 5.79 Å². The van der Waals surface area contributed by atoms with E-state index in [4.69, 9.17) is 21.1 Å². The van der Waals surface area contributed by atoms with Gasteiger partial charge in [0, 0.05) is 23.4 Å². The number of hydrogen-bond acceptors (Lipinski definition) is 2. The standard InChI is InChI=1S/C13H15ClO2/c14-11-6-2-1-5-10(11)12-9-15-13(16-12)7-3-4-8-13/h1-2,5-6,12H,3-4,7-9H2. The molecular formula is C13H15ClO2. The Morgan fingerprint density at radius 2 is 1.94 bits per heavy atom. The van der Waals surface area contributed by atoms with Crippen LogP contribution in [0.1, 0.15) is 37.4 Å². The van der Waals surface area contributed by atoms with Gasteiger partial charge in [-0.05, 0) is 18.9 Å². The molecule has 86 valence electrons. The second-order valence-corrected chi connectivity index (χ2v) is 4.96. The van der Waals surface area contributed by atoms with Crippen molar-refractivity contribution in [1.82, 2.24) is 0 Å². The molecule has 1 aliphatic carbocycles. The molecule has 1 aliphatic heterocycles. The van der Waals surface area contributed by atoms with Crippen molar-refractivity contribution in [3.63, 3.8) is 0 Å². The van der Waals surface area contributed by atoms with Crippen LogP contribution in [0.25, 0.3) is 0 Å². The second kappa shape index (κ2) is 4.02. The second-order valence-electron chi connectivity index (χ2n) is 4.56. The first kappa shape index (κ1) is 10.6. The maximum atomic E-state index is 6.16. The Morgan fingerprint density at radius 1 is 1.19 bits per heavy atom. The largest absolute Gasteiger partial charge is 0.347 e. The predicted octanol–water partition coefficient (Wildman–Crippen LogP) is 3.70. The zero-order valence-electron chi connectivity index (χ0n) is 9.12. The lowest BCUT2D eigenvalue weighted by Crippen LogP contribution is -2.25. The van der Waals surface area contributed by atoms with Crippen LogP contribution in [-0.2, 0) is 9.47 Å². The number of halogens is 1. The van der Waals surface area contributed by atoms with E-state index in [1.54, 1.807) is 0 Å². The Morgan fingerprint density at radius 3 is 2.69 bits per heavy atom. The van der Waals surface area contributed by atoms with Crippen LogP contribution in [0, 0.1) is 0 Å². The first-order valence-electron chi connectivity index (χ1n) is 5.85. The lowest BCUT2D eigenvalue weighted by atomic mass is 10.1. The summed E-state index contributed by atoms with van der Waals surface area (Å²) in [7, 11) is 0. The minimum atomic E-state index is -0.302. The summed E-state index contributed by atoms with van der Waals surface area (Å²) >= 11 is 6.16. The maximum Gasteiger partial charge on any atom is 0.169 e. The molecule has 1 saturated carbocycles. The van der Waals surface area contributed by atoms with Gasteiger partial charge in [0.2, 0.25) is 0 Å². The monoisotopic (exact) mass is 238 g/mol. The molecule has 2 nitrogen and oxygen atoms in total. The minimum Gasteiger partial charge on any atom is -0.347 e. The van der Waals surface area contributed by atoms with Gasteiger partial charge in [-0.1, -0.05) is 29.8 Å². The summed E-state index contributed by atoms with van der Waals surface area (Å²) < 4.78 is 11.9. The molecule has 2 fully saturated rings. The molecule has 1 unspecified atom stereocenters. The average molecular weight is 239 g/mol. The predicted molar refractivity (Wildman–Crippen MR) is 62.4 cm³/mol. The Hall–Kier alpha value is -0.570. The van der Waals surface area contributed by atoms with E-state index in [9.17, 15) is 0 Å². The zero-order chi connectivity index (χ0) is 11.0. The summed E-state index contributed by atoms with van der Waals surface area (Å²) in [5, 5.41) is 0.770. The molecule has 3 rings (SSSR count). The fourth-order valence-electron chi connectivity index (χ4n) is 2.62. The van der Waals surface area contributed by atoms with Crippen LogP contribution < -0.4 is 0 Å². The smallest absolute Gasteiger partial charge is 0.169 e. The number of hydrogen-bond donors (Lipinski definition) is 0. The fraction of sp³-hybridized carbons (Fsp3) is 0.538. The molecule has 2 aliphatic rings. The van der Waals surface area contributed by atoms with E-state index in [1.807, 2.05) is 24.3 Å². The summed E-state index contributed by atoms with van der Waals surface area (Å²) in [4.78, 5) is 0. The van der Waals surface area contributed by atoms with Crippen molar-refractivity contribution >= 4 is 11.6 Å². The molecule has 1 atom stereocenters. The quantitative estimate of drug-likeness (QED) is 0.743. The summed E-state index contributed by atoms with van der Waals surface area (Å²) in [5.41, 5.74) is 1.05. The first-order valence-corrected chi connectivity index (χ1v) is 6.23. The molecule has 1 heterocycles. The van der Waals surface area contributed by atoms with Crippen molar-refractivity contribution in [3.8, 4) is 0 Å². The number of rotatable bonds is 1. The molecule has 0 aromatic heterocycles. The van der Waals surface area contributed by atoms with Crippen molar-refractivity contribution in [2.75, 3.05) is 6.61 Å². The summed E-state index contributed by atoms with van der Waals surface area (Å²) in [6, 6.07) is 7.85. The van der Waals surface area contributed by atoms with Gasteiger partial charge in [0.25, 0.3) is 0 Å². The van der Waals surface area contributed by atoms with Crippen molar-refractivity contribution in [2.45, 2.75) is 37.6 Å². The third kappa shape index (κ3) is 1.75. The van der Waals surface area contributed by atoms with Gasteiger partial charge in [-0.3, -0.25) is 0 Å². The van der Waals surface area contributed by atoms with Crippen LogP contribution >= 0.6 is 11.6 Å². The van der Waals surface area contributed by atoms with E-state index in [0.29, 0.717) is 6.61 Å². The maximum absolute atomic E-state index is 6.16. The van der Waals surface area contributed by atoms with Crippen LogP contribution in [-0.4, -0.2) is 12.4 Å². The highest BCUT2D eigenvalue weighted by molar-refractivity contribution is 6.31. The van der Waals surface area contributed by atoms with Crippen molar-refractivity contribution in [3.05, 3.63) is 34.9 Å². The molecule has 1 aromatic carbocycles. The van der Waals surface area contributed by atoms with Gasteiger partial charge >= 0.3 is 0 Å². The third-order valence-electron chi connectivity index (χ3n) is 3.47. The lowest BCUT2D eigenvalue weighted by molar-refractivity contribution is -0.162. The summed E-state index contributed by atoms with van der Waals surface area (Å²) in [6.07, 6.45) is 4.46. The molecule has 1 saturated heterocycles. The third-order valence-corrected chi connectivity index (χ3v) is 3.82. The van der Waals surface area contributed by atoms with Crippen LogP contribution in [0.5, 0.6) is 0 Å². The van der Waals surface area contributed by atoms with Gasteiger partial charge in [0.05, 0.1) is 6.61 Å². The zero-order valence-corrected chi connectivity index (χ0v) is 9.87. The van der Waals surface area contributed by atoms with Crippen LogP contribution in [0.3, 0.4) is 0 Å². The van der Waals surface area contributed by atoms with Gasteiger partial charge in [-0.15, -0.1) is 0 Å². The fourth-order valence-corrected chi connectivity index (χ4v) is 2.88. The molecule has 16 heavy (non-hydrogen) atoms. The van der Waals surface area contributed by atoms with Crippen molar-refractivity contribution in [2.24, 2.45) is 0 Å². The van der Waals surface area contributed by atoms with E-state index in [2.05, 4.69) is 0 Å². The highest BCUT2D eigenvalue weighted by Crippen LogP contribution is 2.44. The van der Waals surface area contributed by atoms with Gasteiger partial charge in [0.1, 0.15) is 6.10 Å². The van der Waals surface area contributed by atoms with Crippen molar-refractivity contribution in [1.29, 1.82) is 0 Å². The Labute approximate surface area is 101 Å². The molecule has 0 bridgehead atoms. The molecular weight excluding hydrogens is 224 g/mol. The number of benzene rings is 1. The highest BCUT2D eigenvalue weighted by Gasteiger charge is 2.44. The minimum absolute atomic E-state index is 0.00630. The van der Waals surface area contributed by atoms with Crippen LogP contribution in [0.15, 0.2) is 24.3 Å². The Kier molecular flexibility index (Phi) is 2.66. The lowest BCUT2D eigenvalue weighted by Gasteiger charge is -2.22. The SMILES string of the molecule is Clc1ccccc1C1COC2(CCCC2)O1. The summed E-state index contributed by atoms with van der Waals surface area (Å²) in [5.74, 6) is -0.302. The number of ether oxygens (including phenoxy) is 2. The van der Waals surface area contributed by atoms with Gasteiger partial charge in [-0.2, -0.15) is 0 Å². The van der Waals surface area contributed by atoms with E-state index in [0.717, 1.165) is 23.4 Å². The molecule has 1 aromatic rings. The van der Waals surface area contributed by atoms with Gasteiger partial charge < -0.3 is 9.47 Å². The molecule has 3 heteroatoms. The molecule has 0 N–H and O–H groups in total. The van der Waals surface area contributed by atoms with Gasteiger partial charge in [-0.25, -0.2) is 0 Å². The molecule has 0 radical (unpaired) electrons. The van der Waals surface area contributed by atoms with E-state index in [1.165, 1.54) is 12.8 Å². The van der Waals surface area contributed by atoms with Crippen LogP contribution in [0.4, 0.5) is 0 Å². The highest BCUT2D eigenvalue weighted by atomic mass is 35.5. The van der Waals surface area contributed by atoms with Crippen LogP contribution in [0.2, 0.25) is 5.02 Å². The first-order chi connectivity index (χ1) is 7.79. The van der Waals surface area contributed by atoms with E-state index >= 15 is 0 Å². The topological polar surface area (TPSA) is 18.5 Å². The molecule has 1 spiro atoms. The Balaban J connectivity index is 1.81. The van der Waals surface area contributed by atoms with E-state index in [-0.39, 0.29) is 11.9 Å². The molecule has 0 amide bonds.